The molecule has 1 aromatic carbocycles. The highest BCUT2D eigenvalue weighted by atomic mass is 35.5. The lowest BCUT2D eigenvalue weighted by Crippen LogP contribution is -1.86. The summed E-state index contributed by atoms with van der Waals surface area (Å²) in [6.07, 6.45) is 1.47. The van der Waals surface area contributed by atoms with E-state index in [4.69, 9.17) is 16.7 Å². The van der Waals surface area contributed by atoms with Crippen LogP contribution in [0.5, 0.6) is 0 Å². The van der Waals surface area contributed by atoms with Crippen molar-refractivity contribution in [3.05, 3.63) is 33.8 Å². The van der Waals surface area contributed by atoms with Crippen LogP contribution < -0.4 is 0 Å². The Kier molecular flexibility index (Phi) is 4.68. The first-order valence-electron chi connectivity index (χ1n) is 5.01. The number of benzene rings is 1. The van der Waals surface area contributed by atoms with E-state index in [0.717, 1.165) is 34.6 Å². The Morgan fingerprint density at radius 2 is 2.00 bits per heavy atom. The second-order valence-electron chi connectivity index (χ2n) is 3.55. The van der Waals surface area contributed by atoms with Crippen molar-refractivity contribution in [1.82, 2.24) is 0 Å². The summed E-state index contributed by atoms with van der Waals surface area (Å²) in [5.74, 6) is 6.13. The molecule has 0 aromatic heterocycles. The van der Waals surface area contributed by atoms with E-state index in [1.165, 1.54) is 0 Å². The van der Waals surface area contributed by atoms with Gasteiger partial charge in [0.2, 0.25) is 0 Å². The summed E-state index contributed by atoms with van der Waals surface area (Å²) in [7, 11) is 0. The van der Waals surface area contributed by atoms with Crippen LogP contribution in [0.2, 0.25) is 5.02 Å². The topological polar surface area (TPSA) is 20.2 Å². The van der Waals surface area contributed by atoms with E-state index >= 15 is 0 Å². The van der Waals surface area contributed by atoms with Crippen LogP contribution in [0.25, 0.3) is 0 Å². The largest absolute Gasteiger partial charge is 0.396 e. The number of aliphatic hydroxyl groups excluding tert-OH is 1. The average molecular weight is 223 g/mol. The van der Waals surface area contributed by atoms with E-state index in [1.807, 2.05) is 26.0 Å². The Hall–Kier alpha value is -0.970. The van der Waals surface area contributed by atoms with E-state index in [-0.39, 0.29) is 6.61 Å². The number of unbranched alkanes of at least 4 members (excludes halogenated alkanes) is 1. The predicted octanol–water partition coefficient (Wildman–Crippen LogP) is 3.08. The van der Waals surface area contributed by atoms with Gasteiger partial charge >= 0.3 is 0 Å². The number of aliphatic hydroxyl groups is 1. The van der Waals surface area contributed by atoms with Crippen LogP contribution in [0.4, 0.5) is 0 Å². The minimum Gasteiger partial charge on any atom is -0.396 e. The van der Waals surface area contributed by atoms with Crippen LogP contribution in [0, 0.1) is 25.7 Å². The fraction of sp³-hybridized carbons (Fsp3) is 0.385. The van der Waals surface area contributed by atoms with Crippen LogP contribution in [0.3, 0.4) is 0 Å². The lowest BCUT2D eigenvalue weighted by molar-refractivity contribution is 0.290. The Morgan fingerprint density at radius 3 is 2.67 bits per heavy atom. The first-order valence-corrected chi connectivity index (χ1v) is 5.39. The van der Waals surface area contributed by atoms with Crippen LogP contribution >= 0.6 is 11.6 Å². The quantitative estimate of drug-likeness (QED) is 0.602. The van der Waals surface area contributed by atoms with Gasteiger partial charge in [0.1, 0.15) is 0 Å². The number of aryl methyl sites for hydroxylation is 2. The van der Waals surface area contributed by atoms with Crippen molar-refractivity contribution >= 4 is 11.6 Å². The normalized spacial score (nSPS) is 9.60. The SMILES string of the molecule is Cc1cc(C#CCCCO)c(C)cc1Cl. The molecule has 0 atom stereocenters. The molecule has 1 nitrogen and oxygen atoms in total. The van der Waals surface area contributed by atoms with Gasteiger partial charge in [-0.2, -0.15) is 0 Å². The third-order valence-electron chi connectivity index (χ3n) is 2.19. The van der Waals surface area contributed by atoms with Crippen LogP contribution in [-0.2, 0) is 0 Å². The highest BCUT2D eigenvalue weighted by Crippen LogP contribution is 2.19. The molecule has 0 unspecified atom stereocenters. The van der Waals surface area contributed by atoms with Gasteiger partial charge in [0.15, 0.2) is 0 Å². The Bertz CT molecular complexity index is 399. The van der Waals surface area contributed by atoms with Gasteiger partial charge in [0.05, 0.1) is 0 Å². The number of halogens is 1. The van der Waals surface area contributed by atoms with Gasteiger partial charge in [-0.3, -0.25) is 0 Å². The summed E-state index contributed by atoms with van der Waals surface area (Å²) in [4.78, 5) is 0. The summed E-state index contributed by atoms with van der Waals surface area (Å²) in [5.41, 5.74) is 3.17. The first kappa shape index (κ1) is 12.1. The molecule has 0 amide bonds. The van der Waals surface area contributed by atoms with Crippen molar-refractivity contribution in [2.45, 2.75) is 26.7 Å². The molecule has 1 aromatic rings. The summed E-state index contributed by atoms with van der Waals surface area (Å²) < 4.78 is 0. The maximum absolute atomic E-state index is 8.61. The molecule has 1 N–H and O–H groups in total. The summed E-state index contributed by atoms with van der Waals surface area (Å²) in [6, 6.07) is 3.94. The van der Waals surface area contributed by atoms with Crippen molar-refractivity contribution in [2.75, 3.05) is 6.61 Å². The number of hydrogen-bond acceptors (Lipinski definition) is 1. The minimum absolute atomic E-state index is 0.202. The van der Waals surface area contributed by atoms with E-state index in [9.17, 15) is 0 Å². The zero-order chi connectivity index (χ0) is 11.3. The molecule has 2 heteroatoms. The van der Waals surface area contributed by atoms with E-state index in [2.05, 4.69) is 11.8 Å². The zero-order valence-corrected chi connectivity index (χ0v) is 9.86. The van der Waals surface area contributed by atoms with E-state index < -0.39 is 0 Å². The van der Waals surface area contributed by atoms with Gasteiger partial charge < -0.3 is 5.11 Å². The monoisotopic (exact) mass is 222 g/mol. The smallest absolute Gasteiger partial charge is 0.0440 e. The van der Waals surface area contributed by atoms with Gasteiger partial charge in [0.25, 0.3) is 0 Å². The second kappa shape index (κ2) is 5.80. The molecule has 0 saturated carbocycles. The predicted molar refractivity (Wildman–Crippen MR) is 64.1 cm³/mol. The molecule has 80 valence electrons. The average Bonchev–Trinajstić information content (AvgIpc) is 2.20. The lowest BCUT2D eigenvalue weighted by atomic mass is 10.1. The summed E-state index contributed by atoms with van der Waals surface area (Å²) in [5, 5.41) is 9.40. The van der Waals surface area contributed by atoms with Crippen molar-refractivity contribution < 1.29 is 5.11 Å². The standard InChI is InChI=1S/C13H15ClO/c1-10-9-13(14)11(2)8-12(10)6-4-3-5-7-15/h8-9,15H,3,5,7H2,1-2H3. The molecule has 0 spiro atoms. The third kappa shape index (κ3) is 3.58. The minimum atomic E-state index is 0.202. The van der Waals surface area contributed by atoms with E-state index in [0.29, 0.717) is 0 Å². The molecule has 0 bridgehead atoms. The molecule has 0 aliphatic rings. The van der Waals surface area contributed by atoms with Crippen molar-refractivity contribution in [1.29, 1.82) is 0 Å². The van der Waals surface area contributed by atoms with Gasteiger partial charge in [-0.05, 0) is 43.5 Å². The van der Waals surface area contributed by atoms with Gasteiger partial charge in [-0.1, -0.05) is 23.4 Å². The van der Waals surface area contributed by atoms with Crippen LogP contribution in [-0.4, -0.2) is 11.7 Å². The molecular weight excluding hydrogens is 208 g/mol. The van der Waals surface area contributed by atoms with Crippen molar-refractivity contribution in [2.24, 2.45) is 0 Å². The number of hydrogen-bond donors (Lipinski definition) is 1. The van der Waals surface area contributed by atoms with Crippen LogP contribution in [0.15, 0.2) is 12.1 Å². The highest BCUT2D eigenvalue weighted by molar-refractivity contribution is 6.31. The molecule has 0 heterocycles. The van der Waals surface area contributed by atoms with E-state index in [1.54, 1.807) is 0 Å². The second-order valence-corrected chi connectivity index (χ2v) is 3.95. The Labute approximate surface area is 96.1 Å². The summed E-state index contributed by atoms with van der Waals surface area (Å²) in [6.45, 7) is 4.18. The maximum atomic E-state index is 8.61. The highest BCUT2D eigenvalue weighted by Gasteiger charge is 1.99. The van der Waals surface area contributed by atoms with Crippen LogP contribution in [0.1, 0.15) is 29.5 Å². The van der Waals surface area contributed by atoms with Gasteiger partial charge in [0, 0.05) is 23.6 Å². The molecule has 0 saturated heterocycles. The van der Waals surface area contributed by atoms with Gasteiger partial charge in [-0.25, -0.2) is 0 Å². The van der Waals surface area contributed by atoms with Gasteiger partial charge in [-0.15, -0.1) is 0 Å². The van der Waals surface area contributed by atoms with Crippen molar-refractivity contribution in [3.8, 4) is 11.8 Å². The molecule has 0 aliphatic heterocycles. The maximum Gasteiger partial charge on any atom is 0.0440 e. The fourth-order valence-corrected chi connectivity index (χ4v) is 1.46. The Morgan fingerprint density at radius 1 is 1.27 bits per heavy atom. The molecular formula is C13H15ClO. The molecule has 0 fully saturated rings. The fourth-order valence-electron chi connectivity index (χ4n) is 1.24. The molecule has 15 heavy (non-hydrogen) atoms. The Balaban J connectivity index is 2.84. The first-order chi connectivity index (χ1) is 7.15. The lowest BCUT2D eigenvalue weighted by Gasteiger charge is -2.02. The molecule has 0 radical (unpaired) electrons. The molecule has 1 rings (SSSR count). The summed E-state index contributed by atoms with van der Waals surface area (Å²) >= 11 is 5.99. The molecule has 0 aliphatic carbocycles. The van der Waals surface area contributed by atoms with Crippen molar-refractivity contribution in [3.63, 3.8) is 0 Å². The number of rotatable bonds is 2. The third-order valence-corrected chi connectivity index (χ3v) is 2.60. The zero-order valence-electron chi connectivity index (χ0n) is 9.10.